The molecule has 1 N–H and O–H groups in total. The number of esters is 1. The number of hydrogen-bond donors (Lipinski definition) is 1. The molecule has 0 aliphatic heterocycles. The topological polar surface area (TPSA) is 63.6 Å². The van der Waals surface area contributed by atoms with Crippen LogP contribution >= 0.6 is 0 Å². The van der Waals surface area contributed by atoms with Crippen molar-refractivity contribution in [2.75, 3.05) is 6.61 Å². The minimum Gasteiger partial charge on any atom is -0.478 e. The molecule has 0 saturated carbocycles. The van der Waals surface area contributed by atoms with Crippen LogP contribution in [0, 0.1) is 0 Å². The first-order valence-corrected chi connectivity index (χ1v) is 5.61. The molecule has 0 aliphatic carbocycles. The Labute approximate surface area is 103 Å². The fraction of sp³-hybridized carbons (Fsp3) is 0.538. The number of hydrogen-bond acceptors (Lipinski definition) is 3. The number of ether oxygens (including phenoxy) is 1. The van der Waals surface area contributed by atoms with Gasteiger partial charge in [0, 0.05) is 11.1 Å². The van der Waals surface area contributed by atoms with Crippen LogP contribution in [-0.4, -0.2) is 23.7 Å². The van der Waals surface area contributed by atoms with Crippen molar-refractivity contribution in [3.05, 3.63) is 23.8 Å². The molecule has 0 unspecified atom stereocenters. The Hall–Kier alpha value is -1.58. The maximum absolute atomic E-state index is 10.8. The molecule has 4 heteroatoms. The fourth-order valence-electron chi connectivity index (χ4n) is 0.565. The van der Waals surface area contributed by atoms with E-state index < -0.39 is 5.97 Å². The van der Waals surface area contributed by atoms with E-state index >= 15 is 0 Å². The highest BCUT2D eigenvalue weighted by Gasteiger charge is 2.03. The number of carbonyl (C=O) groups is 2. The summed E-state index contributed by atoms with van der Waals surface area (Å²) >= 11 is 0. The van der Waals surface area contributed by atoms with Crippen LogP contribution in [0.2, 0.25) is 0 Å². The predicted octanol–water partition coefficient (Wildman–Crippen LogP) is 2.94. The van der Waals surface area contributed by atoms with Gasteiger partial charge in [-0.2, -0.15) is 0 Å². The van der Waals surface area contributed by atoms with Gasteiger partial charge in [-0.25, -0.2) is 9.59 Å². The number of carboxylic acid groups (broad SMARTS) is 1. The minimum absolute atomic E-state index is 0.260. The van der Waals surface area contributed by atoms with E-state index in [2.05, 4.69) is 6.58 Å². The van der Waals surface area contributed by atoms with Gasteiger partial charge in [-0.3, -0.25) is 0 Å². The molecular formula is C13H22O4. The Balaban J connectivity index is 0. The highest BCUT2D eigenvalue weighted by molar-refractivity contribution is 5.87. The number of carboxylic acids is 1. The molecule has 0 rings (SSSR count). The molecule has 0 spiro atoms. The normalized spacial score (nSPS) is 10.0. The van der Waals surface area contributed by atoms with Crippen LogP contribution < -0.4 is 0 Å². The Kier molecular flexibility index (Phi) is 11.4. The first-order valence-electron chi connectivity index (χ1n) is 5.61. The first kappa shape index (κ1) is 17.8. The van der Waals surface area contributed by atoms with Crippen LogP contribution in [0.25, 0.3) is 0 Å². The van der Waals surface area contributed by atoms with Gasteiger partial charge in [-0.05, 0) is 26.7 Å². The third-order valence-electron chi connectivity index (χ3n) is 1.92. The van der Waals surface area contributed by atoms with Crippen LogP contribution in [0.1, 0.15) is 40.5 Å². The lowest BCUT2D eigenvalue weighted by Crippen LogP contribution is -2.06. The second kappa shape index (κ2) is 10.9. The van der Waals surface area contributed by atoms with Crippen molar-refractivity contribution >= 4 is 11.9 Å². The van der Waals surface area contributed by atoms with Crippen molar-refractivity contribution in [2.24, 2.45) is 0 Å². The van der Waals surface area contributed by atoms with Gasteiger partial charge in [0.05, 0.1) is 6.61 Å². The van der Waals surface area contributed by atoms with Gasteiger partial charge in [0.2, 0.25) is 0 Å². The van der Waals surface area contributed by atoms with E-state index in [1.807, 2.05) is 13.8 Å². The molecule has 17 heavy (non-hydrogen) atoms. The lowest BCUT2D eigenvalue weighted by Gasteiger charge is -2.02. The van der Waals surface area contributed by atoms with E-state index in [0.29, 0.717) is 24.2 Å². The zero-order chi connectivity index (χ0) is 13.8. The Bertz CT molecular complexity index is 290. The third kappa shape index (κ3) is 10.7. The van der Waals surface area contributed by atoms with Gasteiger partial charge in [0.25, 0.3) is 0 Å². The van der Waals surface area contributed by atoms with Gasteiger partial charge in [-0.15, -0.1) is 0 Å². The predicted molar refractivity (Wildman–Crippen MR) is 67.7 cm³/mol. The average Bonchev–Trinajstić information content (AvgIpc) is 2.34. The summed E-state index contributed by atoms with van der Waals surface area (Å²) in [6, 6.07) is 0. The number of rotatable bonds is 5. The number of carbonyl (C=O) groups excluding carboxylic acids is 1. The zero-order valence-electron chi connectivity index (χ0n) is 11.1. The summed E-state index contributed by atoms with van der Waals surface area (Å²) in [5.74, 6) is -1.10. The quantitative estimate of drug-likeness (QED) is 0.594. The minimum atomic E-state index is -0.845. The van der Waals surface area contributed by atoms with Crippen LogP contribution in [0.3, 0.4) is 0 Å². The third-order valence-corrected chi connectivity index (χ3v) is 1.92. The van der Waals surface area contributed by atoms with E-state index in [0.717, 1.165) is 6.42 Å². The summed E-state index contributed by atoms with van der Waals surface area (Å²) in [5.41, 5.74) is 0.938. The SMILES string of the molecule is C=C(CC)C(=O)OCCC.CC=C(C)C(=O)O. The molecule has 0 aromatic rings. The highest BCUT2D eigenvalue weighted by atomic mass is 16.5. The van der Waals surface area contributed by atoms with Crippen molar-refractivity contribution in [3.63, 3.8) is 0 Å². The van der Waals surface area contributed by atoms with Crippen molar-refractivity contribution in [1.82, 2.24) is 0 Å². The van der Waals surface area contributed by atoms with Crippen molar-refractivity contribution in [3.8, 4) is 0 Å². The van der Waals surface area contributed by atoms with Gasteiger partial charge in [-0.1, -0.05) is 26.5 Å². The van der Waals surface area contributed by atoms with Crippen LogP contribution in [0.4, 0.5) is 0 Å². The Morgan fingerprint density at radius 1 is 1.35 bits per heavy atom. The Morgan fingerprint density at radius 3 is 2.12 bits per heavy atom. The van der Waals surface area contributed by atoms with Crippen molar-refractivity contribution < 1.29 is 19.4 Å². The number of allylic oxidation sites excluding steroid dienone is 1. The fourth-order valence-corrected chi connectivity index (χ4v) is 0.565. The van der Waals surface area contributed by atoms with Crippen LogP contribution in [0.5, 0.6) is 0 Å². The van der Waals surface area contributed by atoms with Crippen LogP contribution in [0.15, 0.2) is 23.8 Å². The van der Waals surface area contributed by atoms with Crippen LogP contribution in [-0.2, 0) is 14.3 Å². The summed E-state index contributed by atoms with van der Waals surface area (Å²) in [6.45, 7) is 11.1. The standard InChI is InChI=1S/C8H14O2.C5H8O2/c1-4-6-10-8(9)7(3)5-2;1-3-4(2)5(6)7/h3-6H2,1-2H3;3H,1-2H3,(H,6,7). The second-order valence-electron chi connectivity index (χ2n) is 3.37. The van der Waals surface area contributed by atoms with Crippen molar-refractivity contribution in [1.29, 1.82) is 0 Å². The van der Waals surface area contributed by atoms with E-state index in [1.54, 1.807) is 19.9 Å². The summed E-state index contributed by atoms with van der Waals surface area (Å²) in [6.07, 6.45) is 3.09. The average molecular weight is 242 g/mol. The zero-order valence-corrected chi connectivity index (χ0v) is 11.1. The maximum atomic E-state index is 10.8. The lowest BCUT2D eigenvalue weighted by molar-refractivity contribution is -0.139. The van der Waals surface area contributed by atoms with E-state index in [-0.39, 0.29) is 5.97 Å². The second-order valence-corrected chi connectivity index (χ2v) is 3.37. The molecule has 0 saturated heterocycles. The van der Waals surface area contributed by atoms with E-state index in [9.17, 15) is 9.59 Å². The summed E-state index contributed by atoms with van der Waals surface area (Å²) in [5, 5.41) is 8.11. The molecule has 0 amide bonds. The molecule has 0 fully saturated rings. The van der Waals surface area contributed by atoms with E-state index in [1.165, 1.54) is 0 Å². The van der Waals surface area contributed by atoms with E-state index in [4.69, 9.17) is 9.84 Å². The molecule has 0 aliphatic rings. The number of aliphatic carboxylic acids is 1. The summed E-state index contributed by atoms with van der Waals surface area (Å²) in [4.78, 5) is 20.7. The molecular weight excluding hydrogens is 220 g/mol. The molecule has 0 atom stereocenters. The Morgan fingerprint density at radius 2 is 1.88 bits per heavy atom. The van der Waals surface area contributed by atoms with Gasteiger partial charge in [0.15, 0.2) is 0 Å². The highest BCUT2D eigenvalue weighted by Crippen LogP contribution is 1.99. The molecule has 4 nitrogen and oxygen atoms in total. The van der Waals surface area contributed by atoms with Gasteiger partial charge < -0.3 is 9.84 Å². The maximum Gasteiger partial charge on any atom is 0.333 e. The molecule has 0 aromatic carbocycles. The van der Waals surface area contributed by atoms with Gasteiger partial charge >= 0.3 is 11.9 Å². The first-order chi connectivity index (χ1) is 7.90. The summed E-state index contributed by atoms with van der Waals surface area (Å²) in [7, 11) is 0. The summed E-state index contributed by atoms with van der Waals surface area (Å²) < 4.78 is 4.81. The lowest BCUT2D eigenvalue weighted by atomic mass is 10.2. The van der Waals surface area contributed by atoms with Crippen molar-refractivity contribution in [2.45, 2.75) is 40.5 Å². The largest absolute Gasteiger partial charge is 0.478 e. The van der Waals surface area contributed by atoms with Gasteiger partial charge in [0.1, 0.15) is 0 Å². The molecule has 0 bridgehead atoms. The smallest absolute Gasteiger partial charge is 0.333 e. The molecule has 0 aromatic heterocycles. The molecule has 98 valence electrons. The molecule has 0 heterocycles. The molecule has 0 radical (unpaired) electrons. The monoisotopic (exact) mass is 242 g/mol.